The minimum absolute atomic E-state index is 0.257. The van der Waals surface area contributed by atoms with Gasteiger partial charge in [-0.2, -0.15) is 5.10 Å². The number of benzene rings is 3. The van der Waals surface area contributed by atoms with Gasteiger partial charge in [-0.15, -0.1) is 0 Å². The second kappa shape index (κ2) is 9.98. The Morgan fingerprint density at radius 3 is 2.21 bits per heavy atom. The number of nitrogens with two attached hydrogens (primary N) is 1. The van der Waals surface area contributed by atoms with Gasteiger partial charge >= 0.3 is 0 Å². The van der Waals surface area contributed by atoms with Crippen LogP contribution < -0.4 is 10.6 Å². The summed E-state index contributed by atoms with van der Waals surface area (Å²) < 4.78 is 0. The molecule has 0 spiro atoms. The predicted octanol–water partition coefficient (Wildman–Crippen LogP) is 6.65. The first kappa shape index (κ1) is 23.3. The van der Waals surface area contributed by atoms with Gasteiger partial charge in [-0.1, -0.05) is 71.2 Å². The van der Waals surface area contributed by atoms with Gasteiger partial charge in [-0.05, 0) is 48.4 Å². The standard InChI is InChI=1S/C25H21Cl3N4O/c1-15-23(18-6-8-19(26)9-7-18)30-31-24(15)25(33)32(22-11-10-20(27)12-21(22)28)14-17-4-2-16(13-29)3-5-17/h2-12H,13-14,29H2,1H3,(H,30,31). The molecule has 0 bridgehead atoms. The fourth-order valence-electron chi connectivity index (χ4n) is 3.56. The number of aromatic nitrogens is 2. The van der Waals surface area contributed by atoms with Crippen molar-refractivity contribution in [2.45, 2.75) is 20.0 Å². The molecule has 0 radical (unpaired) electrons. The molecule has 3 N–H and O–H groups in total. The maximum absolute atomic E-state index is 13.8. The Hall–Kier alpha value is -2.83. The number of nitrogens with one attached hydrogen (secondary N) is 1. The number of carbonyl (C=O) groups excluding carboxylic acids is 1. The molecule has 1 amide bonds. The SMILES string of the molecule is Cc1c(-c2ccc(Cl)cc2)n[nH]c1C(=O)N(Cc1ccc(CN)cc1)c1ccc(Cl)cc1Cl. The normalized spacial score (nSPS) is 10.9. The van der Waals surface area contributed by atoms with Gasteiger partial charge in [-0.3, -0.25) is 9.89 Å². The first-order valence-electron chi connectivity index (χ1n) is 10.2. The highest BCUT2D eigenvalue weighted by Crippen LogP contribution is 2.32. The maximum atomic E-state index is 13.8. The van der Waals surface area contributed by atoms with Gasteiger partial charge in [0.05, 0.1) is 22.9 Å². The van der Waals surface area contributed by atoms with Crippen LogP contribution in [0, 0.1) is 6.92 Å². The van der Waals surface area contributed by atoms with Gasteiger partial charge in [-0.25, -0.2) is 0 Å². The van der Waals surface area contributed by atoms with Crippen LogP contribution >= 0.6 is 34.8 Å². The van der Waals surface area contributed by atoms with Gasteiger partial charge in [0.1, 0.15) is 5.69 Å². The summed E-state index contributed by atoms with van der Waals surface area (Å²) in [4.78, 5) is 15.4. The number of halogens is 3. The molecule has 8 heteroatoms. The molecule has 1 aromatic heterocycles. The van der Waals surface area contributed by atoms with Crippen LogP contribution in [-0.2, 0) is 13.1 Å². The van der Waals surface area contributed by atoms with E-state index in [1.807, 2.05) is 43.3 Å². The van der Waals surface area contributed by atoms with E-state index in [2.05, 4.69) is 10.2 Å². The molecule has 4 rings (SSSR count). The summed E-state index contributed by atoms with van der Waals surface area (Å²) in [5.74, 6) is -0.257. The van der Waals surface area contributed by atoms with E-state index in [1.54, 1.807) is 35.2 Å². The number of carbonyl (C=O) groups is 1. The average molecular weight is 500 g/mol. The first-order chi connectivity index (χ1) is 15.9. The van der Waals surface area contributed by atoms with Gasteiger partial charge in [0, 0.05) is 27.7 Å². The van der Waals surface area contributed by atoms with Crippen LogP contribution in [0.25, 0.3) is 11.3 Å². The molecule has 0 aliphatic carbocycles. The third-order valence-corrected chi connectivity index (χ3v) is 6.18. The molecular formula is C25H21Cl3N4O. The van der Waals surface area contributed by atoms with Crippen molar-refractivity contribution in [1.82, 2.24) is 10.2 Å². The van der Waals surface area contributed by atoms with Crippen LogP contribution in [0.5, 0.6) is 0 Å². The number of hydrogen-bond acceptors (Lipinski definition) is 3. The minimum Gasteiger partial charge on any atom is -0.326 e. The smallest absolute Gasteiger partial charge is 0.276 e. The van der Waals surface area contributed by atoms with Crippen molar-refractivity contribution in [2.24, 2.45) is 5.73 Å². The molecule has 0 unspecified atom stereocenters. The number of aromatic amines is 1. The lowest BCUT2D eigenvalue weighted by Gasteiger charge is -2.24. The highest BCUT2D eigenvalue weighted by Gasteiger charge is 2.25. The molecule has 0 saturated carbocycles. The topological polar surface area (TPSA) is 75.0 Å². The number of hydrogen-bond donors (Lipinski definition) is 2. The highest BCUT2D eigenvalue weighted by molar-refractivity contribution is 6.37. The lowest BCUT2D eigenvalue weighted by Crippen LogP contribution is -2.31. The van der Waals surface area contributed by atoms with Crippen LogP contribution in [0.4, 0.5) is 5.69 Å². The van der Waals surface area contributed by atoms with Crippen molar-refractivity contribution in [1.29, 1.82) is 0 Å². The number of amides is 1. The zero-order valence-corrected chi connectivity index (χ0v) is 20.0. The van der Waals surface area contributed by atoms with E-state index in [-0.39, 0.29) is 5.91 Å². The van der Waals surface area contributed by atoms with Gasteiger partial charge < -0.3 is 10.6 Å². The van der Waals surface area contributed by atoms with E-state index in [1.165, 1.54) is 0 Å². The summed E-state index contributed by atoms with van der Waals surface area (Å²) >= 11 is 18.6. The predicted molar refractivity (Wildman–Crippen MR) is 135 cm³/mol. The van der Waals surface area contributed by atoms with E-state index in [0.29, 0.717) is 45.2 Å². The van der Waals surface area contributed by atoms with Crippen LogP contribution in [0.3, 0.4) is 0 Å². The fraction of sp³-hybridized carbons (Fsp3) is 0.120. The number of H-pyrrole nitrogens is 1. The summed E-state index contributed by atoms with van der Waals surface area (Å²) in [6.45, 7) is 2.62. The van der Waals surface area contributed by atoms with Crippen molar-refractivity contribution < 1.29 is 4.79 Å². The number of rotatable bonds is 6. The second-order valence-electron chi connectivity index (χ2n) is 7.59. The molecule has 0 saturated heterocycles. The van der Waals surface area contributed by atoms with E-state index >= 15 is 0 Å². The van der Waals surface area contributed by atoms with Crippen molar-refractivity contribution in [3.05, 3.63) is 104 Å². The zero-order chi connectivity index (χ0) is 23.5. The largest absolute Gasteiger partial charge is 0.326 e. The van der Waals surface area contributed by atoms with Crippen molar-refractivity contribution in [2.75, 3.05) is 4.90 Å². The van der Waals surface area contributed by atoms with Crippen molar-refractivity contribution >= 4 is 46.4 Å². The summed E-state index contributed by atoms with van der Waals surface area (Å²) in [6.07, 6.45) is 0. The van der Waals surface area contributed by atoms with Crippen LogP contribution in [0.15, 0.2) is 66.7 Å². The molecule has 0 aliphatic heterocycles. The van der Waals surface area contributed by atoms with Crippen molar-refractivity contribution in [3.63, 3.8) is 0 Å². The molecule has 5 nitrogen and oxygen atoms in total. The van der Waals surface area contributed by atoms with E-state index in [0.717, 1.165) is 22.3 Å². The third kappa shape index (κ3) is 5.07. The molecular weight excluding hydrogens is 479 g/mol. The Morgan fingerprint density at radius 2 is 1.58 bits per heavy atom. The lowest BCUT2D eigenvalue weighted by atomic mass is 10.1. The Labute approximate surface area is 207 Å². The molecule has 33 heavy (non-hydrogen) atoms. The monoisotopic (exact) mass is 498 g/mol. The first-order valence-corrected chi connectivity index (χ1v) is 11.4. The van der Waals surface area contributed by atoms with E-state index < -0.39 is 0 Å². The molecule has 3 aromatic carbocycles. The quantitative estimate of drug-likeness (QED) is 0.312. The number of nitrogens with zero attached hydrogens (tertiary/aromatic N) is 2. The Bertz CT molecular complexity index is 1280. The Kier molecular flexibility index (Phi) is 7.05. The summed E-state index contributed by atoms with van der Waals surface area (Å²) in [5.41, 5.74) is 10.9. The Balaban J connectivity index is 1.73. The Morgan fingerprint density at radius 1 is 0.939 bits per heavy atom. The van der Waals surface area contributed by atoms with Gasteiger partial charge in [0.2, 0.25) is 0 Å². The van der Waals surface area contributed by atoms with Crippen LogP contribution in [-0.4, -0.2) is 16.1 Å². The summed E-state index contributed by atoms with van der Waals surface area (Å²) in [7, 11) is 0. The van der Waals surface area contributed by atoms with Crippen molar-refractivity contribution in [3.8, 4) is 11.3 Å². The van der Waals surface area contributed by atoms with Crippen LogP contribution in [0.1, 0.15) is 27.2 Å². The fourth-order valence-corrected chi connectivity index (χ4v) is 4.20. The lowest BCUT2D eigenvalue weighted by molar-refractivity contribution is 0.0979. The number of anilines is 1. The molecule has 0 atom stereocenters. The van der Waals surface area contributed by atoms with Crippen LogP contribution in [0.2, 0.25) is 15.1 Å². The van der Waals surface area contributed by atoms with E-state index in [9.17, 15) is 4.79 Å². The minimum atomic E-state index is -0.257. The molecule has 4 aromatic rings. The second-order valence-corrected chi connectivity index (χ2v) is 8.87. The molecule has 168 valence electrons. The summed E-state index contributed by atoms with van der Waals surface area (Å²) in [5, 5.41) is 8.81. The maximum Gasteiger partial charge on any atom is 0.276 e. The summed E-state index contributed by atoms with van der Waals surface area (Å²) in [6, 6.07) is 20.2. The van der Waals surface area contributed by atoms with Gasteiger partial charge in [0.15, 0.2) is 0 Å². The highest BCUT2D eigenvalue weighted by atomic mass is 35.5. The molecule has 0 aliphatic rings. The molecule has 0 fully saturated rings. The zero-order valence-electron chi connectivity index (χ0n) is 17.8. The molecule has 1 heterocycles. The van der Waals surface area contributed by atoms with E-state index in [4.69, 9.17) is 40.5 Å². The average Bonchev–Trinajstić information content (AvgIpc) is 3.19. The van der Waals surface area contributed by atoms with Gasteiger partial charge in [0.25, 0.3) is 5.91 Å². The third-order valence-electron chi connectivity index (χ3n) is 5.39.